The Kier molecular flexibility index (Phi) is 13.2. The molecule has 6 nitrogen and oxygen atoms in total. The van der Waals surface area contributed by atoms with E-state index in [-0.39, 0.29) is 24.8 Å². The summed E-state index contributed by atoms with van der Waals surface area (Å²) in [6.07, 6.45) is 19.5. The fourth-order valence-electron chi connectivity index (χ4n) is 6.58. The van der Waals surface area contributed by atoms with Gasteiger partial charge in [-0.05, 0) is 67.5 Å². The van der Waals surface area contributed by atoms with Crippen molar-refractivity contribution in [2.24, 2.45) is 0 Å². The van der Waals surface area contributed by atoms with Crippen molar-refractivity contribution < 1.29 is 13.6 Å². The standard InChI is InChI=1S/C36H55F2N5O/c1-4-5-6-7-8-9-10-11-12-13-14-15-16-35(44)42-22-18-30(19-23-42)31-26-33(41(3)32-25-29(2)17-21-39-32)40-34(27-31)43-24-20-36(37,38)28-43/h17,21,25-27,30H,4-16,18-20,22-24,28H2,1-3H3. The maximum Gasteiger partial charge on any atom is 0.266 e. The molecular weight excluding hydrogens is 556 g/mol. The van der Waals surface area contributed by atoms with E-state index in [9.17, 15) is 13.6 Å². The van der Waals surface area contributed by atoms with Gasteiger partial charge in [0, 0.05) is 45.7 Å². The van der Waals surface area contributed by atoms with E-state index < -0.39 is 5.92 Å². The summed E-state index contributed by atoms with van der Waals surface area (Å²) in [7, 11) is 1.92. The number of amides is 1. The number of hydrogen-bond acceptors (Lipinski definition) is 5. The van der Waals surface area contributed by atoms with Crippen molar-refractivity contribution in [1.29, 1.82) is 0 Å². The zero-order valence-corrected chi connectivity index (χ0v) is 27.5. The molecule has 2 aromatic heterocycles. The Morgan fingerprint density at radius 1 is 0.909 bits per heavy atom. The van der Waals surface area contributed by atoms with Crippen molar-refractivity contribution in [2.45, 2.75) is 128 Å². The number of likely N-dealkylation sites (tertiary alicyclic amines) is 1. The first-order chi connectivity index (χ1) is 21.3. The van der Waals surface area contributed by atoms with E-state index in [1.165, 1.54) is 64.2 Å². The van der Waals surface area contributed by atoms with Crippen molar-refractivity contribution in [3.63, 3.8) is 0 Å². The molecule has 0 bridgehead atoms. The van der Waals surface area contributed by atoms with Gasteiger partial charge in [0.25, 0.3) is 5.92 Å². The number of aryl methyl sites for hydroxylation is 1. The number of carbonyl (C=O) groups excluding carboxylic acids is 1. The first-order valence-corrected chi connectivity index (χ1v) is 17.3. The van der Waals surface area contributed by atoms with Gasteiger partial charge in [0.15, 0.2) is 0 Å². The number of pyridine rings is 2. The second-order valence-corrected chi connectivity index (χ2v) is 13.2. The summed E-state index contributed by atoms with van der Waals surface area (Å²) in [5.41, 5.74) is 2.20. The minimum Gasteiger partial charge on any atom is -0.350 e. The molecule has 0 saturated carbocycles. The van der Waals surface area contributed by atoms with Gasteiger partial charge in [-0.3, -0.25) is 4.79 Å². The van der Waals surface area contributed by atoms with E-state index in [0.29, 0.717) is 24.6 Å². The number of anilines is 3. The van der Waals surface area contributed by atoms with Crippen LogP contribution in [0.5, 0.6) is 0 Å². The van der Waals surface area contributed by atoms with Crippen LogP contribution < -0.4 is 9.80 Å². The highest BCUT2D eigenvalue weighted by Gasteiger charge is 2.39. The Bertz CT molecular complexity index is 1170. The highest BCUT2D eigenvalue weighted by atomic mass is 19.3. The summed E-state index contributed by atoms with van der Waals surface area (Å²) in [4.78, 5) is 28.0. The quantitative estimate of drug-likeness (QED) is 0.167. The Balaban J connectivity index is 1.25. The average molecular weight is 612 g/mol. The number of aromatic nitrogens is 2. The summed E-state index contributed by atoms with van der Waals surface area (Å²) < 4.78 is 28.3. The Hall–Kier alpha value is -2.77. The molecule has 2 aliphatic rings. The van der Waals surface area contributed by atoms with E-state index >= 15 is 0 Å². The highest BCUT2D eigenvalue weighted by Crippen LogP contribution is 2.36. The molecule has 4 rings (SSSR count). The summed E-state index contributed by atoms with van der Waals surface area (Å²) >= 11 is 0. The van der Waals surface area contributed by atoms with E-state index in [1.807, 2.05) is 42.0 Å². The first kappa shape index (κ1) is 34.1. The molecule has 244 valence electrons. The van der Waals surface area contributed by atoms with Gasteiger partial charge in [-0.25, -0.2) is 18.7 Å². The number of rotatable bonds is 17. The summed E-state index contributed by atoms with van der Waals surface area (Å²) in [5, 5.41) is 0. The Morgan fingerprint density at radius 2 is 1.55 bits per heavy atom. The maximum absolute atomic E-state index is 14.1. The van der Waals surface area contributed by atoms with Crippen LogP contribution in [-0.4, -0.2) is 59.9 Å². The average Bonchev–Trinajstić information content (AvgIpc) is 3.40. The molecule has 44 heavy (non-hydrogen) atoms. The third-order valence-electron chi connectivity index (χ3n) is 9.47. The lowest BCUT2D eigenvalue weighted by Crippen LogP contribution is -2.37. The molecule has 0 aliphatic carbocycles. The Morgan fingerprint density at radius 3 is 2.14 bits per heavy atom. The van der Waals surface area contributed by atoms with Crippen LogP contribution in [0.25, 0.3) is 0 Å². The van der Waals surface area contributed by atoms with Gasteiger partial charge < -0.3 is 14.7 Å². The van der Waals surface area contributed by atoms with Gasteiger partial charge >= 0.3 is 0 Å². The second kappa shape index (κ2) is 17.1. The van der Waals surface area contributed by atoms with E-state index in [0.717, 1.165) is 55.7 Å². The highest BCUT2D eigenvalue weighted by molar-refractivity contribution is 5.76. The van der Waals surface area contributed by atoms with Gasteiger partial charge in [-0.1, -0.05) is 77.6 Å². The van der Waals surface area contributed by atoms with Crippen molar-refractivity contribution in [1.82, 2.24) is 14.9 Å². The molecule has 0 spiro atoms. The first-order valence-electron chi connectivity index (χ1n) is 17.3. The van der Waals surface area contributed by atoms with Crippen LogP contribution in [0.15, 0.2) is 30.5 Å². The van der Waals surface area contributed by atoms with Crippen molar-refractivity contribution in [2.75, 3.05) is 43.0 Å². The molecule has 0 N–H and O–H groups in total. The predicted molar refractivity (Wildman–Crippen MR) is 177 cm³/mol. The molecule has 0 atom stereocenters. The summed E-state index contributed by atoms with van der Waals surface area (Å²) in [6.45, 7) is 5.76. The molecule has 0 radical (unpaired) electrons. The summed E-state index contributed by atoms with van der Waals surface area (Å²) in [5.74, 6) is -0.0907. The van der Waals surface area contributed by atoms with Gasteiger partial charge in [-0.15, -0.1) is 0 Å². The monoisotopic (exact) mass is 611 g/mol. The van der Waals surface area contributed by atoms with E-state index in [4.69, 9.17) is 4.98 Å². The molecule has 0 aromatic carbocycles. The molecule has 2 fully saturated rings. The van der Waals surface area contributed by atoms with Crippen molar-refractivity contribution >= 4 is 23.4 Å². The number of piperidine rings is 1. The number of halogens is 2. The van der Waals surface area contributed by atoms with Crippen LogP contribution in [0.3, 0.4) is 0 Å². The number of alkyl halides is 2. The minimum atomic E-state index is -2.69. The molecule has 2 saturated heterocycles. The van der Waals surface area contributed by atoms with Crippen LogP contribution in [0.2, 0.25) is 0 Å². The minimum absolute atomic E-state index is 0.150. The van der Waals surface area contributed by atoms with Gasteiger partial charge in [0.05, 0.1) is 6.54 Å². The third kappa shape index (κ3) is 10.4. The van der Waals surface area contributed by atoms with E-state index in [2.05, 4.69) is 18.0 Å². The largest absolute Gasteiger partial charge is 0.350 e. The van der Waals surface area contributed by atoms with Crippen LogP contribution in [-0.2, 0) is 4.79 Å². The molecule has 1 amide bonds. The predicted octanol–water partition coefficient (Wildman–Crippen LogP) is 9.20. The molecule has 2 aromatic rings. The normalized spacial score (nSPS) is 16.9. The Labute approximate surface area is 264 Å². The molecule has 0 unspecified atom stereocenters. The fraction of sp³-hybridized carbons (Fsp3) is 0.694. The van der Waals surface area contributed by atoms with Crippen molar-refractivity contribution in [3.8, 4) is 0 Å². The smallest absolute Gasteiger partial charge is 0.266 e. The summed E-state index contributed by atoms with van der Waals surface area (Å²) in [6, 6.07) is 8.03. The van der Waals surface area contributed by atoms with Crippen molar-refractivity contribution in [3.05, 3.63) is 41.6 Å². The topological polar surface area (TPSA) is 52.6 Å². The molecule has 8 heteroatoms. The third-order valence-corrected chi connectivity index (χ3v) is 9.47. The second-order valence-electron chi connectivity index (χ2n) is 13.2. The van der Waals surface area contributed by atoms with Crippen LogP contribution in [0.1, 0.15) is 127 Å². The maximum atomic E-state index is 14.1. The van der Waals surface area contributed by atoms with Gasteiger partial charge in [0.2, 0.25) is 5.91 Å². The molecule has 4 heterocycles. The van der Waals surface area contributed by atoms with Gasteiger partial charge in [-0.2, -0.15) is 0 Å². The lowest BCUT2D eigenvalue weighted by molar-refractivity contribution is -0.132. The lowest BCUT2D eigenvalue weighted by Gasteiger charge is -2.33. The fourth-order valence-corrected chi connectivity index (χ4v) is 6.58. The zero-order valence-electron chi connectivity index (χ0n) is 27.5. The number of nitrogens with zero attached hydrogens (tertiary/aromatic N) is 5. The van der Waals surface area contributed by atoms with Crippen LogP contribution in [0, 0.1) is 6.92 Å². The molecular formula is C36H55F2N5O. The molecule has 2 aliphatic heterocycles. The van der Waals surface area contributed by atoms with Crippen LogP contribution >= 0.6 is 0 Å². The lowest BCUT2D eigenvalue weighted by atomic mass is 9.89. The number of unbranched alkanes of at least 4 members (excludes halogenated alkanes) is 11. The SMILES string of the molecule is CCCCCCCCCCCCCCC(=O)N1CCC(c2cc(N3CCC(F)(F)C3)nc(N(C)c3cc(C)ccn3)c2)CC1. The van der Waals surface area contributed by atoms with Crippen LogP contribution in [0.4, 0.5) is 26.2 Å². The number of carbonyl (C=O) groups is 1. The van der Waals surface area contributed by atoms with Gasteiger partial charge in [0.1, 0.15) is 17.5 Å². The zero-order chi connectivity index (χ0) is 31.4. The van der Waals surface area contributed by atoms with E-state index in [1.54, 1.807) is 11.1 Å². The number of hydrogen-bond donors (Lipinski definition) is 0.